The van der Waals surface area contributed by atoms with Gasteiger partial charge in [-0.2, -0.15) is 9.97 Å². The Morgan fingerprint density at radius 3 is 1.71 bits per heavy atom. The largest absolute Gasteiger partial charge is 0.456 e. The van der Waals surface area contributed by atoms with Crippen LogP contribution >= 0.6 is 11.3 Å². The minimum atomic E-state index is 0.541. The van der Waals surface area contributed by atoms with Crippen molar-refractivity contribution in [3.63, 3.8) is 0 Å². The molecule has 0 atom stereocenters. The molecule has 0 saturated heterocycles. The molecule has 0 aliphatic carbocycles. The topological polar surface area (TPSA) is 61.7 Å². The lowest BCUT2D eigenvalue weighted by Crippen LogP contribution is -2.08. The van der Waals surface area contributed by atoms with Gasteiger partial charge in [0.2, 0.25) is 5.95 Å². The number of hydrogen-bond acceptors (Lipinski definition) is 5. The van der Waals surface area contributed by atoms with Crippen molar-refractivity contribution in [2.24, 2.45) is 0 Å². The van der Waals surface area contributed by atoms with Gasteiger partial charge in [0.15, 0.2) is 11.6 Å². The zero-order chi connectivity index (χ0) is 43.0. The van der Waals surface area contributed by atoms with E-state index < -0.39 is 0 Å². The second kappa shape index (κ2) is 13.4. The number of aromatic nitrogens is 5. The molecule has 6 nitrogen and oxygen atoms in total. The van der Waals surface area contributed by atoms with Gasteiger partial charge < -0.3 is 8.98 Å². The lowest BCUT2D eigenvalue weighted by Gasteiger charge is -2.16. The predicted octanol–water partition coefficient (Wildman–Crippen LogP) is 16.0. The quantitative estimate of drug-likeness (QED) is 0.177. The van der Waals surface area contributed by atoms with E-state index in [0.29, 0.717) is 17.6 Å². The molecule has 0 N–H and O–H groups in total. The summed E-state index contributed by atoms with van der Waals surface area (Å²) in [5, 5.41) is 13.9. The normalized spacial score (nSPS) is 12.2. The molecule has 15 aromatic rings. The number of para-hydroxylation sites is 4. The Balaban J connectivity index is 1.11. The van der Waals surface area contributed by atoms with Crippen LogP contribution in [0.2, 0.25) is 0 Å². The molecule has 0 fully saturated rings. The molecule has 0 radical (unpaired) electrons. The van der Waals surface area contributed by atoms with E-state index in [9.17, 15) is 0 Å². The fourth-order valence-corrected chi connectivity index (χ4v) is 11.9. The third-order valence-corrected chi connectivity index (χ3v) is 14.8. The highest BCUT2D eigenvalue weighted by molar-refractivity contribution is 7.26. The van der Waals surface area contributed by atoms with Crippen molar-refractivity contribution in [1.29, 1.82) is 0 Å². The monoisotopic (exact) mass is 859 g/mol. The van der Waals surface area contributed by atoms with Crippen LogP contribution in [0.3, 0.4) is 0 Å². The van der Waals surface area contributed by atoms with E-state index in [4.69, 9.17) is 19.4 Å². The molecule has 306 valence electrons. The summed E-state index contributed by atoms with van der Waals surface area (Å²) in [6, 6.07) is 71.4. The molecule has 66 heavy (non-hydrogen) atoms. The van der Waals surface area contributed by atoms with Gasteiger partial charge in [0.25, 0.3) is 0 Å². The van der Waals surface area contributed by atoms with E-state index in [2.05, 4.69) is 185 Å². The van der Waals surface area contributed by atoms with Crippen LogP contribution in [0.15, 0.2) is 205 Å². The third kappa shape index (κ3) is 5.03. The van der Waals surface area contributed by atoms with Gasteiger partial charge >= 0.3 is 0 Å². The first-order chi connectivity index (χ1) is 32.7. The number of benzene rings is 10. The van der Waals surface area contributed by atoms with E-state index in [-0.39, 0.29) is 0 Å². The van der Waals surface area contributed by atoms with Crippen molar-refractivity contribution in [3.8, 4) is 34.4 Å². The first kappa shape index (κ1) is 35.8. The Kier molecular flexibility index (Phi) is 7.28. The molecule has 15 rings (SSSR count). The molecule has 0 unspecified atom stereocenters. The maximum atomic E-state index is 6.46. The number of rotatable bonds is 4. The minimum absolute atomic E-state index is 0.541. The third-order valence-electron chi connectivity index (χ3n) is 13.5. The zero-order valence-electron chi connectivity index (χ0n) is 35.1. The summed E-state index contributed by atoms with van der Waals surface area (Å²) in [6.07, 6.45) is 0. The van der Waals surface area contributed by atoms with Crippen LogP contribution in [0.5, 0.6) is 0 Å². The molecule has 0 aliphatic heterocycles. The van der Waals surface area contributed by atoms with E-state index in [1.807, 2.05) is 35.6 Å². The van der Waals surface area contributed by atoms with Crippen LogP contribution in [0, 0.1) is 0 Å². The van der Waals surface area contributed by atoms with Crippen molar-refractivity contribution >= 4 is 119 Å². The zero-order valence-corrected chi connectivity index (χ0v) is 35.9. The van der Waals surface area contributed by atoms with Crippen molar-refractivity contribution < 1.29 is 4.42 Å². The average molecular weight is 860 g/mol. The molecular formula is C59H33N5OS. The molecule has 5 heterocycles. The summed E-state index contributed by atoms with van der Waals surface area (Å²) < 4.78 is 13.5. The first-order valence-electron chi connectivity index (χ1n) is 22.2. The first-order valence-corrected chi connectivity index (χ1v) is 23.0. The van der Waals surface area contributed by atoms with Gasteiger partial charge in [0, 0.05) is 63.6 Å². The molecule has 5 aromatic heterocycles. The number of fused-ring (bicyclic) bond motifs is 15. The number of furan rings is 1. The summed E-state index contributed by atoms with van der Waals surface area (Å²) in [5.41, 5.74) is 8.66. The molecule has 0 saturated carbocycles. The van der Waals surface area contributed by atoms with Crippen molar-refractivity contribution in [3.05, 3.63) is 200 Å². The summed E-state index contributed by atoms with van der Waals surface area (Å²) in [7, 11) is 0. The molecule has 0 spiro atoms. The van der Waals surface area contributed by atoms with Gasteiger partial charge in [0.1, 0.15) is 11.2 Å². The SMILES string of the molecule is c1ccc2cc3c(cc2c1)c1ccccc1n3-c1cc2c(cc1-c1nc(-c3cccc4oc5ccccc5c34)nc(-n3c4ccccc4c4ccccc43)n1)sc1c3ccccc3ccc21. The fourth-order valence-electron chi connectivity index (χ4n) is 10.6. The van der Waals surface area contributed by atoms with Crippen LogP contribution in [-0.2, 0) is 0 Å². The van der Waals surface area contributed by atoms with Gasteiger partial charge in [0.05, 0.1) is 27.8 Å². The highest BCUT2D eigenvalue weighted by atomic mass is 32.1. The fraction of sp³-hybridized carbons (Fsp3) is 0. The van der Waals surface area contributed by atoms with E-state index in [1.54, 1.807) is 0 Å². The Bertz CT molecular complexity index is 4500. The number of hydrogen-bond donors (Lipinski definition) is 0. The molecule has 7 heteroatoms. The summed E-state index contributed by atoms with van der Waals surface area (Å²) >= 11 is 1.83. The Morgan fingerprint density at radius 1 is 0.364 bits per heavy atom. The second-order valence-corrected chi connectivity index (χ2v) is 18.2. The predicted molar refractivity (Wildman–Crippen MR) is 275 cm³/mol. The number of thiophene rings is 1. The van der Waals surface area contributed by atoms with Gasteiger partial charge in [-0.25, -0.2) is 4.98 Å². The summed E-state index contributed by atoms with van der Waals surface area (Å²) in [5.74, 6) is 1.68. The van der Waals surface area contributed by atoms with Gasteiger partial charge in [-0.1, -0.05) is 146 Å². The van der Waals surface area contributed by atoms with Crippen LogP contribution in [0.4, 0.5) is 0 Å². The summed E-state index contributed by atoms with van der Waals surface area (Å²) in [4.78, 5) is 16.6. The number of nitrogens with zero attached hydrogens (tertiary/aromatic N) is 5. The Morgan fingerprint density at radius 2 is 0.955 bits per heavy atom. The second-order valence-electron chi connectivity index (χ2n) is 17.1. The van der Waals surface area contributed by atoms with Gasteiger partial charge in [-0.15, -0.1) is 11.3 Å². The van der Waals surface area contributed by atoms with Crippen molar-refractivity contribution in [2.75, 3.05) is 0 Å². The lowest BCUT2D eigenvalue weighted by atomic mass is 10.0. The van der Waals surface area contributed by atoms with Crippen LogP contribution in [-0.4, -0.2) is 24.1 Å². The highest BCUT2D eigenvalue weighted by Crippen LogP contribution is 2.45. The standard InChI is InChI=1S/C59H33N5OS/c1-2-16-36-31-50-44(30-35(36)15-1)40-20-7-9-23-47(40)63(50)51-32-45-41-29-28-34-14-3-4-17-37(34)56(41)66-54(45)33-46(51)58-60-57(43-22-13-27-53-55(43)42-21-8-12-26-52(42)65-53)61-59(62-58)64-48-24-10-5-18-38(48)39-19-6-11-25-49(39)64/h1-33H. The molecular weight excluding hydrogens is 827 g/mol. The Labute approximate surface area is 379 Å². The highest BCUT2D eigenvalue weighted by Gasteiger charge is 2.25. The van der Waals surface area contributed by atoms with Crippen molar-refractivity contribution in [2.45, 2.75) is 0 Å². The van der Waals surface area contributed by atoms with E-state index in [1.165, 1.54) is 47.8 Å². The smallest absolute Gasteiger partial charge is 0.238 e. The Hall–Kier alpha value is -8.65. The maximum Gasteiger partial charge on any atom is 0.238 e. The van der Waals surface area contributed by atoms with Crippen molar-refractivity contribution in [1.82, 2.24) is 24.1 Å². The molecule has 0 amide bonds. The van der Waals surface area contributed by atoms with Gasteiger partial charge in [-0.05, 0) is 76.1 Å². The molecule has 0 bridgehead atoms. The lowest BCUT2D eigenvalue weighted by molar-refractivity contribution is 0.669. The maximum absolute atomic E-state index is 6.46. The average Bonchev–Trinajstić information content (AvgIpc) is 4.13. The van der Waals surface area contributed by atoms with Crippen LogP contribution < -0.4 is 0 Å². The van der Waals surface area contributed by atoms with Crippen LogP contribution in [0.1, 0.15) is 0 Å². The molecule has 0 aliphatic rings. The van der Waals surface area contributed by atoms with E-state index >= 15 is 0 Å². The minimum Gasteiger partial charge on any atom is -0.456 e. The molecule has 10 aromatic carbocycles. The van der Waals surface area contributed by atoms with Gasteiger partial charge in [-0.3, -0.25) is 4.57 Å². The van der Waals surface area contributed by atoms with Crippen LogP contribution in [0.25, 0.3) is 142 Å². The summed E-state index contributed by atoms with van der Waals surface area (Å²) in [6.45, 7) is 0. The van der Waals surface area contributed by atoms with E-state index in [0.717, 1.165) is 76.3 Å².